The van der Waals surface area contributed by atoms with E-state index in [1.165, 1.54) is 0 Å². The van der Waals surface area contributed by atoms with E-state index < -0.39 is 5.91 Å². The van der Waals surface area contributed by atoms with Crippen LogP contribution in [0.1, 0.15) is 62.3 Å². The molecule has 2 saturated carbocycles. The maximum Gasteiger partial charge on any atom is 0.254 e. The lowest BCUT2D eigenvalue weighted by Gasteiger charge is -2.23. The van der Waals surface area contributed by atoms with Gasteiger partial charge in [-0.05, 0) is 67.6 Å². The van der Waals surface area contributed by atoms with Crippen LogP contribution in [0.4, 0.5) is 0 Å². The van der Waals surface area contributed by atoms with E-state index in [1.54, 1.807) is 24.3 Å². The zero-order valence-corrected chi connectivity index (χ0v) is 15.6. The summed E-state index contributed by atoms with van der Waals surface area (Å²) in [6, 6.07) is 14.4. The summed E-state index contributed by atoms with van der Waals surface area (Å²) in [5, 5.41) is 2.97. The van der Waals surface area contributed by atoms with E-state index >= 15 is 0 Å². The zero-order valence-electron chi connectivity index (χ0n) is 15.6. The number of amides is 3. The van der Waals surface area contributed by atoms with Crippen LogP contribution < -0.4 is 11.1 Å². The van der Waals surface area contributed by atoms with Crippen molar-refractivity contribution in [1.82, 2.24) is 10.2 Å². The van der Waals surface area contributed by atoms with Crippen LogP contribution in [0.25, 0.3) is 0 Å². The van der Waals surface area contributed by atoms with Crippen LogP contribution >= 0.6 is 0 Å². The number of carbonyl (C=O) groups is 3. The molecule has 0 heterocycles. The Morgan fingerprint density at radius 2 is 1.43 bits per heavy atom. The Morgan fingerprint density at radius 3 is 1.96 bits per heavy atom. The Bertz CT molecular complexity index is 898. The van der Waals surface area contributed by atoms with Gasteiger partial charge in [0.2, 0.25) is 5.91 Å². The smallest absolute Gasteiger partial charge is 0.254 e. The Labute approximate surface area is 163 Å². The minimum atomic E-state index is -0.510. The fourth-order valence-electron chi connectivity index (χ4n) is 3.15. The van der Waals surface area contributed by atoms with Crippen molar-refractivity contribution >= 4 is 17.7 Å². The second-order valence-electron chi connectivity index (χ2n) is 7.55. The first-order valence-electron chi connectivity index (χ1n) is 9.62. The summed E-state index contributed by atoms with van der Waals surface area (Å²) in [5.74, 6) is -0.614. The molecule has 144 valence electrons. The lowest BCUT2D eigenvalue weighted by atomic mass is 10.1. The standard InChI is InChI=1S/C22H23N3O3/c23-20(26)15-5-7-17(8-6-15)22(28)25(19-11-12-19)13-14-1-3-16(4-2-14)21(27)24-18-9-10-18/h1-8,18-19H,9-13H2,(H2,23,26)(H,24,27). The van der Waals surface area contributed by atoms with Crippen LogP contribution in [0.3, 0.4) is 0 Å². The maximum atomic E-state index is 13.0. The van der Waals surface area contributed by atoms with Crippen molar-refractivity contribution in [3.05, 3.63) is 70.8 Å². The predicted molar refractivity (Wildman–Crippen MR) is 105 cm³/mol. The van der Waals surface area contributed by atoms with E-state index in [-0.39, 0.29) is 17.9 Å². The summed E-state index contributed by atoms with van der Waals surface area (Å²) in [7, 11) is 0. The fourth-order valence-corrected chi connectivity index (χ4v) is 3.15. The SMILES string of the molecule is NC(=O)c1ccc(C(=O)N(Cc2ccc(C(=O)NC3CC3)cc2)C2CC2)cc1. The Hall–Kier alpha value is -3.15. The third kappa shape index (κ3) is 4.22. The third-order valence-corrected chi connectivity index (χ3v) is 5.15. The number of hydrogen-bond acceptors (Lipinski definition) is 3. The summed E-state index contributed by atoms with van der Waals surface area (Å²) in [5.41, 5.74) is 7.81. The Kier molecular flexibility index (Phi) is 4.86. The van der Waals surface area contributed by atoms with Crippen molar-refractivity contribution < 1.29 is 14.4 Å². The molecule has 3 amide bonds. The maximum absolute atomic E-state index is 13.0. The molecule has 0 bridgehead atoms. The predicted octanol–water partition coefficient (Wildman–Crippen LogP) is 2.48. The van der Waals surface area contributed by atoms with Crippen LogP contribution in [-0.2, 0) is 6.54 Å². The van der Waals surface area contributed by atoms with Crippen molar-refractivity contribution in [2.75, 3.05) is 0 Å². The molecule has 0 aliphatic heterocycles. The average Bonchev–Trinajstić information content (AvgIpc) is 3.61. The Morgan fingerprint density at radius 1 is 0.857 bits per heavy atom. The van der Waals surface area contributed by atoms with Crippen molar-refractivity contribution in [3.8, 4) is 0 Å². The normalized spacial score (nSPS) is 15.7. The number of nitrogens with two attached hydrogens (primary N) is 1. The highest BCUT2D eigenvalue weighted by atomic mass is 16.2. The summed E-state index contributed by atoms with van der Waals surface area (Å²) in [6.07, 6.45) is 4.10. The van der Waals surface area contributed by atoms with E-state index in [4.69, 9.17) is 5.73 Å². The van der Waals surface area contributed by atoms with Gasteiger partial charge in [-0.3, -0.25) is 14.4 Å². The minimum absolute atomic E-state index is 0.0429. The molecule has 2 fully saturated rings. The van der Waals surface area contributed by atoms with E-state index in [1.807, 2.05) is 29.2 Å². The van der Waals surface area contributed by atoms with Crippen molar-refractivity contribution in [2.24, 2.45) is 5.73 Å². The molecule has 4 rings (SSSR count). The number of hydrogen-bond donors (Lipinski definition) is 2. The number of carbonyl (C=O) groups excluding carboxylic acids is 3. The monoisotopic (exact) mass is 377 g/mol. The highest BCUT2D eigenvalue weighted by Crippen LogP contribution is 2.30. The van der Waals surface area contributed by atoms with Gasteiger partial charge in [-0.25, -0.2) is 0 Å². The molecule has 0 atom stereocenters. The van der Waals surface area contributed by atoms with E-state index in [9.17, 15) is 14.4 Å². The number of nitrogens with zero attached hydrogens (tertiary/aromatic N) is 1. The van der Waals surface area contributed by atoms with Gasteiger partial charge in [-0.15, -0.1) is 0 Å². The second-order valence-corrected chi connectivity index (χ2v) is 7.55. The molecule has 0 radical (unpaired) electrons. The molecule has 2 aromatic rings. The minimum Gasteiger partial charge on any atom is -0.366 e. The van der Waals surface area contributed by atoms with E-state index in [0.717, 1.165) is 31.2 Å². The van der Waals surface area contributed by atoms with E-state index in [0.29, 0.717) is 29.3 Å². The Balaban J connectivity index is 1.45. The molecule has 2 aliphatic rings. The molecule has 6 heteroatoms. The third-order valence-electron chi connectivity index (χ3n) is 5.15. The van der Waals surface area contributed by atoms with Gasteiger partial charge in [0.1, 0.15) is 0 Å². The highest BCUT2D eigenvalue weighted by molar-refractivity contribution is 5.97. The van der Waals surface area contributed by atoms with Crippen LogP contribution in [-0.4, -0.2) is 34.7 Å². The quantitative estimate of drug-likeness (QED) is 0.776. The second kappa shape index (κ2) is 7.46. The van der Waals surface area contributed by atoms with Crippen LogP contribution in [0, 0.1) is 0 Å². The van der Waals surface area contributed by atoms with Gasteiger partial charge in [0, 0.05) is 35.3 Å². The summed E-state index contributed by atoms with van der Waals surface area (Å²) in [4.78, 5) is 38.1. The van der Waals surface area contributed by atoms with Crippen LogP contribution in [0.5, 0.6) is 0 Å². The van der Waals surface area contributed by atoms with E-state index in [2.05, 4.69) is 5.32 Å². The molecule has 0 unspecified atom stereocenters. The average molecular weight is 377 g/mol. The topological polar surface area (TPSA) is 92.5 Å². The summed E-state index contributed by atoms with van der Waals surface area (Å²) < 4.78 is 0. The summed E-state index contributed by atoms with van der Waals surface area (Å²) >= 11 is 0. The largest absolute Gasteiger partial charge is 0.366 e. The van der Waals surface area contributed by atoms with Crippen molar-refractivity contribution in [3.63, 3.8) is 0 Å². The van der Waals surface area contributed by atoms with Crippen molar-refractivity contribution in [2.45, 2.75) is 44.3 Å². The van der Waals surface area contributed by atoms with Gasteiger partial charge in [-0.1, -0.05) is 12.1 Å². The van der Waals surface area contributed by atoms with Gasteiger partial charge in [-0.2, -0.15) is 0 Å². The van der Waals surface area contributed by atoms with Gasteiger partial charge in [0.25, 0.3) is 11.8 Å². The molecule has 0 spiro atoms. The lowest BCUT2D eigenvalue weighted by Crippen LogP contribution is -2.32. The zero-order chi connectivity index (χ0) is 19.7. The first-order chi connectivity index (χ1) is 13.5. The number of rotatable bonds is 7. The lowest BCUT2D eigenvalue weighted by molar-refractivity contribution is 0.0729. The molecule has 2 aromatic carbocycles. The van der Waals surface area contributed by atoms with Gasteiger partial charge < -0.3 is 16.0 Å². The first-order valence-corrected chi connectivity index (χ1v) is 9.62. The first kappa shape index (κ1) is 18.2. The van der Waals surface area contributed by atoms with Crippen molar-refractivity contribution in [1.29, 1.82) is 0 Å². The highest BCUT2D eigenvalue weighted by Gasteiger charge is 2.33. The number of nitrogens with one attached hydrogen (secondary N) is 1. The molecule has 2 aliphatic carbocycles. The van der Waals surface area contributed by atoms with Crippen LogP contribution in [0.15, 0.2) is 48.5 Å². The van der Waals surface area contributed by atoms with Gasteiger partial charge in [0.05, 0.1) is 0 Å². The summed E-state index contributed by atoms with van der Waals surface area (Å²) in [6.45, 7) is 0.492. The molecular weight excluding hydrogens is 354 g/mol. The van der Waals surface area contributed by atoms with Gasteiger partial charge >= 0.3 is 0 Å². The molecule has 0 aromatic heterocycles. The molecular formula is C22H23N3O3. The van der Waals surface area contributed by atoms with Crippen LogP contribution in [0.2, 0.25) is 0 Å². The van der Waals surface area contributed by atoms with Gasteiger partial charge in [0.15, 0.2) is 0 Å². The number of benzene rings is 2. The molecule has 6 nitrogen and oxygen atoms in total. The number of primary amides is 1. The molecule has 28 heavy (non-hydrogen) atoms. The fraction of sp³-hybridized carbons (Fsp3) is 0.318. The molecule has 3 N–H and O–H groups in total. The molecule has 0 saturated heterocycles.